The zero-order valence-corrected chi connectivity index (χ0v) is 15.9. The normalized spacial score (nSPS) is 23.3. The number of piperidine rings is 1. The Labute approximate surface area is 155 Å². The number of amides is 2. The molecule has 24 heavy (non-hydrogen) atoms. The number of rotatable bonds is 3. The molecular formula is C18H21BrN2O2S. The van der Waals surface area contributed by atoms with Crippen LogP contribution in [-0.2, 0) is 15.3 Å². The molecule has 2 aliphatic rings. The van der Waals surface area contributed by atoms with Crippen molar-refractivity contribution in [2.24, 2.45) is 5.92 Å². The SMILES string of the molecule is C=CC(=O)N1CCCC(C(=O)NC2CSCc3ccc(Br)cc32)C1. The van der Waals surface area contributed by atoms with Gasteiger partial charge in [-0.15, -0.1) is 0 Å². The molecule has 2 heterocycles. The second-order valence-electron chi connectivity index (χ2n) is 6.25. The number of carbonyl (C=O) groups excluding carboxylic acids is 2. The fraction of sp³-hybridized carbons (Fsp3) is 0.444. The van der Waals surface area contributed by atoms with Gasteiger partial charge in [0.05, 0.1) is 12.0 Å². The highest BCUT2D eigenvalue weighted by Crippen LogP contribution is 2.34. The van der Waals surface area contributed by atoms with Crippen LogP contribution < -0.4 is 5.32 Å². The number of hydrogen-bond donors (Lipinski definition) is 1. The molecule has 0 aromatic heterocycles. The maximum Gasteiger partial charge on any atom is 0.245 e. The minimum atomic E-state index is -0.134. The van der Waals surface area contributed by atoms with E-state index in [1.165, 1.54) is 17.2 Å². The Kier molecular flexibility index (Phi) is 5.66. The van der Waals surface area contributed by atoms with Crippen LogP contribution in [0.1, 0.15) is 30.0 Å². The number of hydrogen-bond acceptors (Lipinski definition) is 3. The molecule has 6 heteroatoms. The second kappa shape index (κ2) is 7.74. The van der Waals surface area contributed by atoms with Gasteiger partial charge in [0.1, 0.15) is 0 Å². The van der Waals surface area contributed by atoms with E-state index in [0.717, 1.165) is 28.8 Å². The van der Waals surface area contributed by atoms with Crippen molar-refractivity contribution in [2.75, 3.05) is 18.8 Å². The van der Waals surface area contributed by atoms with E-state index in [1.54, 1.807) is 4.90 Å². The van der Waals surface area contributed by atoms with Gasteiger partial charge >= 0.3 is 0 Å². The van der Waals surface area contributed by atoms with Crippen LogP contribution >= 0.6 is 27.7 Å². The molecule has 2 atom stereocenters. The van der Waals surface area contributed by atoms with Crippen LogP contribution in [0.25, 0.3) is 0 Å². The number of nitrogens with zero attached hydrogens (tertiary/aromatic N) is 1. The molecule has 4 nitrogen and oxygen atoms in total. The third kappa shape index (κ3) is 3.86. The van der Waals surface area contributed by atoms with Crippen molar-refractivity contribution in [3.63, 3.8) is 0 Å². The fourth-order valence-corrected chi connectivity index (χ4v) is 4.81. The van der Waals surface area contributed by atoms with Crippen molar-refractivity contribution < 1.29 is 9.59 Å². The van der Waals surface area contributed by atoms with Gasteiger partial charge in [0, 0.05) is 29.1 Å². The number of fused-ring (bicyclic) bond motifs is 1. The van der Waals surface area contributed by atoms with E-state index in [2.05, 4.69) is 40.0 Å². The van der Waals surface area contributed by atoms with E-state index in [0.29, 0.717) is 13.1 Å². The first-order chi connectivity index (χ1) is 11.6. The molecule has 0 bridgehead atoms. The van der Waals surface area contributed by atoms with Gasteiger partial charge in [0.2, 0.25) is 11.8 Å². The number of halogens is 1. The highest BCUT2D eigenvalue weighted by Gasteiger charge is 2.30. The van der Waals surface area contributed by atoms with Crippen molar-refractivity contribution >= 4 is 39.5 Å². The van der Waals surface area contributed by atoms with Gasteiger partial charge in [-0.2, -0.15) is 11.8 Å². The summed E-state index contributed by atoms with van der Waals surface area (Å²) >= 11 is 5.36. The largest absolute Gasteiger partial charge is 0.348 e. The zero-order chi connectivity index (χ0) is 17.1. The Balaban J connectivity index is 1.68. The Morgan fingerprint density at radius 1 is 1.42 bits per heavy atom. The maximum atomic E-state index is 12.7. The maximum absolute atomic E-state index is 12.7. The van der Waals surface area contributed by atoms with Gasteiger partial charge in [0.15, 0.2) is 0 Å². The molecule has 2 amide bonds. The first-order valence-corrected chi connectivity index (χ1v) is 10.1. The van der Waals surface area contributed by atoms with Crippen LogP contribution in [0.2, 0.25) is 0 Å². The number of benzene rings is 1. The predicted octanol–water partition coefficient (Wildman–Crippen LogP) is 3.28. The lowest BCUT2D eigenvalue weighted by Crippen LogP contribution is -2.46. The summed E-state index contributed by atoms with van der Waals surface area (Å²) in [5.41, 5.74) is 2.48. The third-order valence-corrected chi connectivity index (χ3v) is 6.20. The van der Waals surface area contributed by atoms with E-state index in [4.69, 9.17) is 0 Å². The number of carbonyl (C=O) groups is 2. The molecule has 128 valence electrons. The van der Waals surface area contributed by atoms with Crippen molar-refractivity contribution in [3.05, 3.63) is 46.5 Å². The molecule has 0 radical (unpaired) electrons. The molecule has 0 saturated carbocycles. The van der Waals surface area contributed by atoms with E-state index in [9.17, 15) is 9.59 Å². The van der Waals surface area contributed by atoms with Gasteiger partial charge < -0.3 is 10.2 Å². The summed E-state index contributed by atoms with van der Waals surface area (Å²) in [4.78, 5) is 26.2. The topological polar surface area (TPSA) is 49.4 Å². The smallest absolute Gasteiger partial charge is 0.245 e. The molecule has 0 spiro atoms. The summed E-state index contributed by atoms with van der Waals surface area (Å²) in [6, 6.07) is 6.31. The van der Waals surface area contributed by atoms with Crippen LogP contribution in [0.3, 0.4) is 0 Å². The quantitative estimate of drug-likeness (QED) is 0.780. The minimum absolute atomic E-state index is 0.0363. The minimum Gasteiger partial charge on any atom is -0.348 e. The lowest BCUT2D eigenvalue weighted by Gasteiger charge is -2.33. The molecule has 1 aromatic carbocycles. The Morgan fingerprint density at radius 3 is 3.04 bits per heavy atom. The van der Waals surface area contributed by atoms with Gasteiger partial charge in [0.25, 0.3) is 0 Å². The Morgan fingerprint density at radius 2 is 2.25 bits per heavy atom. The van der Waals surface area contributed by atoms with E-state index >= 15 is 0 Å². The van der Waals surface area contributed by atoms with Gasteiger partial charge in [-0.3, -0.25) is 9.59 Å². The van der Waals surface area contributed by atoms with Crippen molar-refractivity contribution in [2.45, 2.75) is 24.6 Å². The van der Waals surface area contributed by atoms with Crippen LogP contribution in [0.5, 0.6) is 0 Å². The molecule has 0 aliphatic carbocycles. The van der Waals surface area contributed by atoms with E-state index in [1.807, 2.05) is 17.8 Å². The number of thioether (sulfide) groups is 1. The van der Waals surface area contributed by atoms with Gasteiger partial charge in [-0.1, -0.05) is 28.6 Å². The van der Waals surface area contributed by atoms with Gasteiger partial charge in [-0.25, -0.2) is 0 Å². The lowest BCUT2D eigenvalue weighted by molar-refractivity contribution is -0.132. The standard InChI is InChI=1S/C18H21BrN2O2S/c1-2-17(22)21-7-3-4-12(9-21)18(23)20-16-11-24-10-13-5-6-14(19)8-15(13)16/h2,5-6,8,12,16H,1,3-4,7,9-11H2,(H,20,23). The van der Waals surface area contributed by atoms with Crippen LogP contribution in [0, 0.1) is 5.92 Å². The highest BCUT2D eigenvalue weighted by molar-refractivity contribution is 9.10. The molecule has 1 N–H and O–H groups in total. The predicted molar refractivity (Wildman–Crippen MR) is 101 cm³/mol. The summed E-state index contributed by atoms with van der Waals surface area (Å²) in [6.45, 7) is 4.73. The zero-order valence-electron chi connectivity index (χ0n) is 13.5. The first-order valence-electron chi connectivity index (χ1n) is 8.16. The molecule has 1 aromatic rings. The van der Waals surface area contributed by atoms with E-state index < -0.39 is 0 Å². The fourth-order valence-electron chi connectivity index (χ4n) is 3.33. The lowest BCUT2D eigenvalue weighted by atomic mass is 9.95. The summed E-state index contributed by atoms with van der Waals surface area (Å²) in [6.07, 6.45) is 3.02. The van der Waals surface area contributed by atoms with Gasteiger partial charge in [-0.05, 0) is 42.2 Å². The summed E-state index contributed by atoms with van der Waals surface area (Å²) in [7, 11) is 0. The monoisotopic (exact) mass is 408 g/mol. The number of nitrogens with one attached hydrogen (secondary N) is 1. The third-order valence-electron chi connectivity index (χ3n) is 4.62. The first kappa shape index (κ1) is 17.5. The molecule has 2 unspecified atom stereocenters. The van der Waals surface area contributed by atoms with E-state index in [-0.39, 0.29) is 23.8 Å². The molecular weight excluding hydrogens is 388 g/mol. The average Bonchev–Trinajstić information content (AvgIpc) is 2.61. The molecule has 1 fully saturated rings. The van der Waals surface area contributed by atoms with Crippen LogP contribution in [-0.4, -0.2) is 35.6 Å². The highest BCUT2D eigenvalue weighted by atomic mass is 79.9. The molecule has 1 saturated heterocycles. The Bertz CT molecular complexity index is 664. The number of likely N-dealkylation sites (tertiary alicyclic amines) is 1. The average molecular weight is 409 g/mol. The van der Waals surface area contributed by atoms with Crippen molar-refractivity contribution in [1.29, 1.82) is 0 Å². The second-order valence-corrected chi connectivity index (χ2v) is 8.19. The molecule has 3 rings (SSSR count). The van der Waals surface area contributed by atoms with Crippen LogP contribution in [0.4, 0.5) is 0 Å². The summed E-state index contributed by atoms with van der Waals surface area (Å²) in [5.74, 6) is 1.70. The molecule has 2 aliphatic heterocycles. The summed E-state index contributed by atoms with van der Waals surface area (Å²) < 4.78 is 1.04. The Hall–Kier alpha value is -1.27. The van der Waals surface area contributed by atoms with Crippen LogP contribution in [0.15, 0.2) is 35.3 Å². The summed E-state index contributed by atoms with van der Waals surface area (Å²) in [5, 5.41) is 3.21. The van der Waals surface area contributed by atoms with Crippen molar-refractivity contribution in [3.8, 4) is 0 Å². The van der Waals surface area contributed by atoms with Crippen molar-refractivity contribution in [1.82, 2.24) is 10.2 Å².